The lowest BCUT2D eigenvalue weighted by atomic mass is 9.99. The fourth-order valence-corrected chi connectivity index (χ4v) is 4.53. The average molecular weight is 323 g/mol. The van der Waals surface area contributed by atoms with Gasteiger partial charge in [-0.3, -0.25) is 0 Å². The molecule has 4 heteroatoms. The molecule has 0 atom stereocenters. The number of nitrogens with zero attached hydrogens (tertiary/aromatic N) is 3. The van der Waals surface area contributed by atoms with Crippen LogP contribution in [0.1, 0.15) is 25.3 Å². The molecule has 4 rings (SSSR count). The number of hydrogen-bond donors (Lipinski definition) is 0. The summed E-state index contributed by atoms with van der Waals surface area (Å²) in [5.41, 5.74) is 2.58. The van der Waals surface area contributed by atoms with E-state index in [1.54, 1.807) is 17.7 Å². The topological polar surface area (TPSA) is 29.0 Å². The van der Waals surface area contributed by atoms with Gasteiger partial charge in [0.05, 0.1) is 5.39 Å². The Hall–Kier alpha value is -1.94. The van der Waals surface area contributed by atoms with Gasteiger partial charge in [0.15, 0.2) is 0 Å². The van der Waals surface area contributed by atoms with Gasteiger partial charge < -0.3 is 4.90 Å². The Labute approximate surface area is 141 Å². The van der Waals surface area contributed by atoms with Gasteiger partial charge in [-0.2, -0.15) is 0 Å². The number of aromatic nitrogens is 2. The Kier molecular flexibility index (Phi) is 3.77. The molecule has 3 aromatic rings. The highest BCUT2D eigenvalue weighted by Gasteiger charge is 2.22. The second-order valence-electron chi connectivity index (χ2n) is 6.47. The van der Waals surface area contributed by atoms with Crippen LogP contribution in [0.3, 0.4) is 0 Å². The summed E-state index contributed by atoms with van der Waals surface area (Å²) in [7, 11) is 0. The maximum Gasteiger partial charge on any atom is 0.141 e. The van der Waals surface area contributed by atoms with E-state index < -0.39 is 0 Å². The third kappa shape index (κ3) is 2.61. The highest BCUT2D eigenvalue weighted by Crippen LogP contribution is 2.40. The van der Waals surface area contributed by atoms with Crippen LogP contribution in [0.4, 0.5) is 5.82 Å². The summed E-state index contributed by atoms with van der Waals surface area (Å²) in [4.78, 5) is 14.0. The van der Waals surface area contributed by atoms with Crippen molar-refractivity contribution >= 4 is 27.4 Å². The third-order valence-corrected chi connectivity index (χ3v) is 6.07. The molecule has 0 radical (unpaired) electrons. The summed E-state index contributed by atoms with van der Waals surface area (Å²) in [5.74, 6) is 1.95. The first kappa shape index (κ1) is 14.6. The number of anilines is 1. The van der Waals surface area contributed by atoms with Gasteiger partial charge in [-0.1, -0.05) is 37.3 Å². The van der Waals surface area contributed by atoms with Gasteiger partial charge in [0, 0.05) is 18.0 Å². The lowest BCUT2D eigenvalue weighted by Crippen LogP contribution is -2.33. The molecule has 1 aliphatic heterocycles. The maximum absolute atomic E-state index is 4.64. The van der Waals surface area contributed by atoms with Crippen molar-refractivity contribution in [3.8, 4) is 10.4 Å². The van der Waals surface area contributed by atoms with E-state index in [0.717, 1.165) is 29.7 Å². The number of piperidine rings is 1. The molecular formula is C19H21N3S. The van der Waals surface area contributed by atoms with E-state index in [2.05, 4.69) is 59.0 Å². The van der Waals surface area contributed by atoms with E-state index in [1.807, 2.05) is 0 Å². The normalized spacial score (nSPS) is 16.2. The van der Waals surface area contributed by atoms with Crippen molar-refractivity contribution in [3.63, 3.8) is 0 Å². The molecule has 0 N–H and O–H groups in total. The first-order chi connectivity index (χ1) is 11.2. The molecule has 3 nitrogen and oxygen atoms in total. The minimum atomic E-state index is 0.826. The number of hydrogen-bond acceptors (Lipinski definition) is 4. The molecule has 2 aromatic heterocycles. The van der Waals surface area contributed by atoms with E-state index in [0.29, 0.717) is 0 Å². The Balaban J connectivity index is 1.82. The zero-order valence-corrected chi connectivity index (χ0v) is 14.4. The van der Waals surface area contributed by atoms with Crippen LogP contribution in [0.2, 0.25) is 0 Å². The van der Waals surface area contributed by atoms with E-state index in [-0.39, 0.29) is 0 Å². The fourth-order valence-electron chi connectivity index (χ4n) is 3.38. The molecule has 0 unspecified atom stereocenters. The van der Waals surface area contributed by atoms with Crippen molar-refractivity contribution in [1.82, 2.24) is 9.97 Å². The molecule has 1 aromatic carbocycles. The number of thiophene rings is 1. The van der Waals surface area contributed by atoms with Crippen LogP contribution in [0, 0.1) is 12.8 Å². The molecule has 118 valence electrons. The van der Waals surface area contributed by atoms with Crippen molar-refractivity contribution in [1.29, 1.82) is 0 Å². The molecule has 0 amide bonds. The summed E-state index contributed by atoms with van der Waals surface area (Å²) in [6.45, 7) is 6.75. The van der Waals surface area contributed by atoms with E-state index in [1.165, 1.54) is 34.2 Å². The minimum absolute atomic E-state index is 0.826. The number of fused-ring (bicyclic) bond motifs is 1. The highest BCUT2D eigenvalue weighted by molar-refractivity contribution is 7.22. The van der Waals surface area contributed by atoms with Crippen LogP contribution in [0.5, 0.6) is 0 Å². The Bertz CT molecular complexity index is 817. The fraction of sp³-hybridized carbons (Fsp3) is 0.368. The van der Waals surface area contributed by atoms with Gasteiger partial charge in [-0.05, 0) is 36.8 Å². The first-order valence-corrected chi connectivity index (χ1v) is 9.10. The van der Waals surface area contributed by atoms with Crippen LogP contribution < -0.4 is 4.90 Å². The van der Waals surface area contributed by atoms with E-state index in [4.69, 9.17) is 0 Å². The monoisotopic (exact) mass is 323 g/mol. The molecule has 3 heterocycles. The second kappa shape index (κ2) is 5.93. The minimum Gasteiger partial charge on any atom is -0.356 e. The quantitative estimate of drug-likeness (QED) is 0.671. The number of rotatable bonds is 2. The Morgan fingerprint density at radius 1 is 1.09 bits per heavy atom. The highest BCUT2D eigenvalue weighted by atomic mass is 32.1. The van der Waals surface area contributed by atoms with Crippen molar-refractivity contribution < 1.29 is 0 Å². The summed E-state index contributed by atoms with van der Waals surface area (Å²) in [5, 5.41) is 1.24. The Morgan fingerprint density at radius 2 is 1.83 bits per heavy atom. The van der Waals surface area contributed by atoms with Crippen molar-refractivity contribution in [2.24, 2.45) is 5.92 Å². The van der Waals surface area contributed by atoms with Crippen molar-refractivity contribution in [3.05, 3.63) is 42.2 Å². The maximum atomic E-state index is 4.64. The first-order valence-electron chi connectivity index (χ1n) is 8.28. The lowest BCUT2D eigenvalue weighted by Gasteiger charge is -2.31. The molecule has 23 heavy (non-hydrogen) atoms. The van der Waals surface area contributed by atoms with Crippen LogP contribution in [0.25, 0.3) is 20.7 Å². The molecular weight excluding hydrogens is 302 g/mol. The van der Waals surface area contributed by atoms with Crippen molar-refractivity contribution in [2.75, 3.05) is 18.0 Å². The predicted octanol–water partition coefficient (Wildman–Crippen LogP) is 4.90. The van der Waals surface area contributed by atoms with Gasteiger partial charge in [-0.15, -0.1) is 11.3 Å². The van der Waals surface area contributed by atoms with Gasteiger partial charge in [0.25, 0.3) is 0 Å². The molecule has 0 aliphatic carbocycles. The van der Waals surface area contributed by atoms with E-state index in [9.17, 15) is 0 Å². The zero-order chi connectivity index (χ0) is 15.8. The van der Waals surface area contributed by atoms with Crippen LogP contribution in [0.15, 0.2) is 36.7 Å². The van der Waals surface area contributed by atoms with E-state index >= 15 is 0 Å². The summed E-state index contributed by atoms with van der Waals surface area (Å²) < 4.78 is 0. The second-order valence-corrected chi connectivity index (χ2v) is 7.47. The lowest BCUT2D eigenvalue weighted by molar-refractivity contribution is 0.437. The van der Waals surface area contributed by atoms with Gasteiger partial charge in [0.2, 0.25) is 0 Å². The number of aryl methyl sites for hydroxylation is 1. The zero-order valence-electron chi connectivity index (χ0n) is 13.6. The summed E-state index contributed by atoms with van der Waals surface area (Å²) in [6.07, 6.45) is 4.22. The molecule has 0 bridgehead atoms. The van der Waals surface area contributed by atoms with Gasteiger partial charge in [0.1, 0.15) is 17.0 Å². The summed E-state index contributed by atoms with van der Waals surface area (Å²) in [6, 6.07) is 10.6. The molecule has 0 saturated carbocycles. The smallest absolute Gasteiger partial charge is 0.141 e. The molecule has 1 fully saturated rings. The van der Waals surface area contributed by atoms with Gasteiger partial charge >= 0.3 is 0 Å². The molecule has 0 spiro atoms. The van der Waals surface area contributed by atoms with Crippen LogP contribution in [-0.2, 0) is 0 Å². The standard InChI is InChI=1S/C19H21N3S/c1-13-8-10-22(11-9-13)18-16-14(2)17(15-6-4-3-5-7-15)23-19(16)21-12-20-18/h3-7,12-13H,8-11H2,1-2H3. The predicted molar refractivity (Wildman–Crippen MR) is 98.2 cm³/mol. The average Bonchev–Trinajstić information content (AvgIpc) is 2.94. The van der Waals surface area contributed by atoms with Crippen molar-refractivity contribution in [2.45, 2.75) is 26.7 Å². The van der Waals surface area contributed by atoms with Crippen LogP contribution in [-0.4, -0.2) is 23.1 Å². The van der Waals surface area contributed by atoms with Gasteiger partial charge in [-0.25, -0.2) is 9.97 Å². The Morgan fingerprint density at radius 3 is 2.57 bits per heavy atom. The third-order valence-electron chi connectivity index (χ3n) is 4.83. The van der Waals surface area contributed by atoms with Crippen LogP contribution >= 0.6 is 11.3 Å². The number of benzene rings is 1. The summed E-state index contributed by atoms with van der Waals surface area (Å²) >= 11 is 1.78. The largest absolute Gasteiger partial charge is 0.356 e. The molecule has 1 saturated heterocycles. The SMILES string of the molecule is Cc1c(-c2ccccc2)sc2ncnc(N3CCC(C)CC3)c12. The molecule has 1 aliphatic rings.